The fraction of sp³-hybridized carbons (Fsp3) is 1.00. The lowest BCUT2D eigenvalue weighted by molar-refractivity contribution is -0.0586. The van der Waals surface area contributed by atoms with E-state index in [0.29, 0.717) is 5.41 Å². The summed E-state index contributed by atoms with van der Waals surface area (Å²) in [5.74, 6) is 0. The SMILES string of the molecule is CC1(C)COCCN1CC1(CN)CC1. The summed E-state index contributed by atoms with van der Waals surface area (Å²) in [5.41, 5.74) is 6.47. The molecule has 2 N–H and O–H groups in total. The molecule has 1 heterocycles. The maximum atomic E-state index is 5.82. The number of rotatable bonds is 3. The van der Waals surface area contributed by atoms with Gasteiger partial charge in [-0.25, -0.2) is 0 Å². The number of morpholine rings is 1. The second-order valence-corrected chi connectivity index (χ2v) is 5.49. The van der Waals surface area contributed by atoms with Crippen LogP contribution < -0.4 is 5.73 Å². The number of hydrogen-bond acceptors (Lipinski definition) is 3. The summed E-state index contributed by atoms with van der Waals surface area (Å²) in [7, 11) is 0. The van der Waals surface area contributed by atoms with Crippen molar-refractivity contribution in [1.82, 2.24) is 4.90 Å². The number of hydrogen-bond donors (Lipinski definition) is 1. The van der Waals surface area contributed by atoms with Gasteiger partial charge in [-0.3, -0.25) is 4.90 Å². The minimum Gasteiger partial charge on any atom is -0.378 e. The lowest BCUT2D eigenvalue weighted by Crippen LogP contribution is -2.55. The van der Waals surface area contributed by atoms with Crippen LogP contribution in [0, 0.1) is 5.41 Å². The first-order valence-corrected chi connectivity index (χ1v) is 5.61. The van der Waals surface area contributed by atoms with E-state index in [2.05, 4.69) is 18.7 Å². The van der Waals surface area contributed by atoms with Crippen LogP contribution >= 0.6 is 0 Å². The predicted octanol–water partition coefficient (Wildman–Crippen LogP) is 0.836. The van der Waals surface area contributed by atoms with Gasteiger partial charge < -0.3 is 10.5 Å². The zero-order chi connectivity index (χ0) is 10.2. The van der Waals surface area contributed by atoms with E-state index in [1.165, 1.54) is 19.4 Å². The highest BCUT2D eigenvalue weighted by Gasteiger charge is 2.45. The fourth-order valence-corrected chi connectivity index (χ4v) is 2.19. The van der Waals surface area contributed by atoms with Crippen molar-refractivity contribution in [3.05, 3.63) is 0 Å². The third-order valence-corrected chi connectivity index (χ3v) is 3.73. The van der Waals surface area contributed by atoms with Crippen molar-refractivity contribution in [3.8, 4) is 0 Å². The highest BCUT2D eigenvalue weighted by atomic mass is 16.5. The first-order chi connectivity index (χ1) is 6.58. The largest absolute Gasteiger partial charge is 0.378 e. The molecule has 2 fully saturated rings. The Morgan fingerprint density at radius 3 is 2.57 bits per heavy atom. The van der Waals surface area contributed by atoms with Gasteiger partial charge in [0.05, 0.1) is 13.2 Å². The Kier molecular flexibility index (Phi) is 2.58. The summed E-state index contributed by atoms with van der Waals surface area (Å²) >= 11 is 0. The van der Waals surface area contributed by atoms with Crippen LogP contribution in [0.25, 0.3) is 0 Å². The Morgan fingerprint density at radius 1 is 1.36 bits per heavy atom. The van der Waals surface area contributed by atoms with Gasteiger partial charge in [-0.2, -0.15) is 0 Å². The second-order valence-electron chi connectivity index (χ2n) is 5.49. The van der Waals surface area contributed by atoms with E-state index in [9.17, 15) is 0 Å². The van der Waals surface area contributed by atoms with Crippen LogP contribution in [0.15, 0.2) is 0 Å². The lowest BCUT2D eigenvalue weighted by atomic mass is 9.98. The van der Waals surface area contributed by atoms with Gasteiger partial charge in [0.25, 0.3) is 0 Å². The molecule has 2 rings (SSSR count). The molecule has 1 aliphatic heterocycles. The molecule has 0 radical (unpaired) electrons. The molecular weight excluding hydrogens is 176 g/mol. The first-order valence-electron chi connectivity index (χ1n) is 5.61. The van der Waals surface area contributed by atoms with E-state index < -0.39 is 0 Å². The zero-order valence-corrected chi connectivity index (χ0v) is 9.38. The van der Waals surface area contributed by atoms with Crippen molar-refractivity contribution in [1.29, 1.82) is 0 Å². The molecule has 0 bridgehead atoms. The Balaban J connectivity index is 1.95. The summed E-state index contributed by atoms with van der Waals surface area (Å²) in [5, 5.41) is 0. The highest BCUT2D eigenvalue weighted by Crippen LogP contribution is 2.46. The predicted molar refractivity (Wildman–Crippen MR) is 57.2 cm³/mol. The number of ether oxygens (including phenoxy) is 1. The molecule has 1 saturated heterocycles. The van der Waals surface area contributed by atoms with Crippen LogP contribution in [0.4, 0.5) is 0 Å². The van der Waals surface area contributed by atoms with Crippen molar-refractivity contribution in [3.63, 3.8) is 0 Å². The quantitative estimate of drug-likeness (QED) is 0.730. The molecule has 0 aromatic rings. The van der Waals surface area contributed by atoms with E-state index in [1.807, 2.05) is 0 Å². The average Bonchev–Trinajstić information content (AvgIpc) is 2.90. The minimum absolute atomic E-state index is 0.197. The molecule has 3 nitrogen and oxygen atoms in total. The topological polar surface area (TPSA) is 38.5 Å². The molecule has 3 heteroatoms. The van der Waals surface area contributed by atoms with Crippen molar-refractivity contribution < 1.29 is 4.74 Å². The van der Waals surface area contributed by atoms with Crippen molar-refractivity contribution in [2.75, 3.05) is 32.8 Å². The molecule has 14 heavy (non-hydrogen) atoms. The van der Waals surface area contributed by atoms with E-state index in [4.69, 9.17) is 10.5 Å². The van der Waals surface area contributed by atoms with E-state index in [0.717, 1.165) is 26.3 Å². The monoisotopic (exact) mass is 198 g/mol. The average molecular weight is 198 g/mol. The Hall–Kier alpha value is -0.120. The van der Waals surface area contributed by atoms with Crippen molar-refractivity contribution in [2.45, 2.75) is 32.2 Å². The van der Waals surface area contributed by atoms with Gasteiger partial charge >= 0.3 is 0 Å². The molecule has 0 aromatic heterocycles. The molecule has 82 valence electrons. The van der Waals surface area contributed by atoms with Gasteiger partial charge in [0, 0.05) is 18.6 Å². The number of nitrogens with zero attached hydrogens (tertiary/aromatic N) is 1. The van der Waals surface area contributed by atoms with Gasteiger partial charge in [0.2, 0.25) is 0 Å². The molecular formula is C11H22N2O. The van der Waals surface area contributed by atoms with E-state index in [-0.39, 0.29) is 5.54 Å². The van der Waals surface area contributed by atoms with Crippen LogP contribution in [0.5, 0.6) is 0 Å². The minimum atomic E-state index is 0.197. The van der Waals surface area contributed by atoms with E-state index in [1.54, 1.807) is 0 Å². The molecule has 1 saturated carbocycles. The van der Waals surface area contributed by atoms with E-state index >= 15 is 0 Å². The van der Waals surface area contributed by atoms with Gasteiger partial charge in [0.1, 0.15) is 0 Å². The molecule has 0 aromatic carbocycles. The van der Waals surface area contributed by atoms with Crippen LogP contribution in [0.1, 0.15) is 26.7 Å². The molecule has 0 unspecified atom stereocenters. The Bertz CT molecular complexity index is 211. The summed E-state index contributed by atoms with van der Waals surface area (Å²) in [6, 6.07) is 0. The van der Waals surface area contributed by atoms with Crippen LogP contribution in [0.3, 0.4) is 0 Å². The third-order valence-electron chi connectivity index (χ3n) is 3.73. The van der Waals surface area contributed by atoms with Crippen molar-refractivity contribution >= 4 is 0 Å². The molecule has 2 aliphatic rings. The standard InChI is InChI=1S/C11H22N2O/c1-10(2)9-14-6-5-13(10)8-11(7-12)3-4-11/h3-9,12H2,1-2H3. The maximum Gasteiger partial charge on any atom is 0.0645 e. The zero-order valence-electron chi connectivity index (χ0n) is 9.38. The first kappa shape index (κ1) is 10.4. The molecule has 0 amide bonds. The number of nitrogens with two attached hydrogens (primary N) is 1. The summed E-state index contributed by atoms with van der Waals surface area (Å²) < 4.78 is 5.51. The molecule has 1 aliphatic carbocycles. The maximum absolute atomic E-state index is 5.82. The summed E-state index contributed by atoms with van der Waals surface area (Å²) in [6.45, 7) is 9.34. The summed E-state index contributed by atoms with van der Waals surface area (Å²) in [4.78, 5) is 2.55. The van der Waals surface area contributed by atoms with Crippen LogP contribution in [-0.4, -0.2) is 43.3 Å². The highest BCUT2D eigenvalue weighted by molar-refractivity contribution is 4.99. The third kappa shape index (κ3) is 1.95. The Labute approximate surface area is 86.6 Å². The van der Waals surface area contributed by atoms with Crippen molar-refractivity contribution in [2.24, 2.45) is 11.1 Å². The fourth-order valence-electron chi connectivity index (χ4n) is 2.19. The Morgan fingerprint density at radius 2 is 2.07 bits per heavy atom. The second kappa shape index (κ2) is 3.47. The summed E-state index contributed by atoms with van der Waals surface area (Å²) in [6.07, 6.45) is 2.63. The smallest absolute Gasteiger partial charge is 0.0645 e. The van der Waals surface area contributed by atoms with Crippen LogP contribution in [-0.2, 0) is 4.74 Å². The van der Waals surface area contributed by atoms with Crippen LogP contribution in [0.2, 0.25) is 0 Å². The normalized spacial score (nSPS) is 30.2. The van der Waals surface area contributed by atoms with Gasteiger partial charge in [-0.15, -0.1) is 0 Å². The van der Waals surface area contributed by atoms with Gasteiger partial charge in [-0.05, 0) is 38.6 Å². The lowest BCUT2D eigenvalue weighted by Gasteiger charge is -2.43. The van der Waals surface area contributed by atoms with Gasteiger partial charge in [-0.1, -0.05) is 0 Å². The molecule has 0 atom stereocenters. The van der Waals surface area contributed by atoms with Gasteiger partial charge in [0.15, 0.2) is 0 Å². The molecule has 0 spiro atoms.